The van der Waals surface area contributed by atoms with Gasteiger partial charge in [-0.3, -0.25) is 14.4 Å². The van der Waals surface area contributed by atoms with Crippen molar-refractivity contribution in [2.75, 3.05) is 13.2 Å². The maximum atomic E-state index is 13.0. The molecular formula is C75H130O6. The van der Waals surface area contributed by atoms with Crippen LogP contribution in [0.25, 0.3) is 0 Å². The Hall–Kier alpha value is -3.67. The van der Waals surface area contributed by atoms with Gasteiger partial charge in [-0.25, -0.2) is 0 Å². The molecule has 0 heterocycles. The smallest absolute Gasteiger partial charge is 0.306 e. The summed E-state index contributed by atoms with van der Waals surface area (Å²) in [6.07, 6.45) is 92.8. The summed E-state index contributed by atoms with van der Waals surface area (Å²) in [7, 11) is 0. The molecule has 1 atom stereocenters. The highest BCUT2D eigenvalue weighted by atomic mass is 16.6. The van der Waals surface area contributed by atoms with Gasteiger partial charge in [0, 0.05) is 19.3 Å². The number of ether oxygens (including phenoxy) is 3. The average Bonchev–Trinajstić information content (AvgIpc) is 3.47. The van der Waals surface area contributed by atoms with Crippen LogP contribution in [-0.4, -0.2) is 37.2 Å². The van der Waals surface area contributed by atoms with Crippen molar-refractivity contribution in [3.8, 4) is 0 Å². The third-order valence-corrected chi connectivity index (χ3v) is 15.0. The van der Waals surface area contributed by atoms with Gasteiger partial charge in [0.1, 0.15) is 13.2 Å². The number of unbranched alkanes of at least 4 members (excludes halogenated alkanes) is 36. The van der Waals surface area contributed by atoms with Gasteiger partial charge in [-0.05, 0) is 122 Å². The maximum Gasteiger partial charge on any atom is 0.306 e. The predicted octanol–water partition coefficient (Wildman–Crippen LogP) is 24.0. The van der Waals surface area contributed by atoms with Gasteiger partial charge in [-0.1, -0.05) is 298 Å². The molecule has 0 bridgehead atoms. The predicted molar refractivity (Wildman–Crippen MR) is 353 cm³/mol. The lowest BCUT2D eigenvalue weighted by Crippen LogP contribution is -2.30. The van der Waals surface area contributed by atoms with Gasteiger partial charge >= 0.3 is 17.9 Å². The van der Waals surface area contributed by atoms with E-state index in [1.54, 1.807) is 0 Å². The first-order chi connectivity index (χ1) is 40.0. The van der Waals surface area contributed by atoms with Crippen molar-refractivity contribution in [3.63, 3.8) is 0 Å². The van der Waals surface area contributed by atoms with Crippen molar-refractivity contribution < 1.29 is 28.6 Å². The Morgan fingerprint density at radius 1 is 0.259 bits per heavy atom. The molecule has 1 unspecified atom stereocenters. The minimum Gasteiger partial charge on any atom is -0.462 e. The molecule has 0 aromatic heterocycles. The lowest BCUT2D eigenvalue weighted by atomic mass is 10.0. The second kappa shape index (κ2) is 68.8. The van der Waals surface area contributed by atoms with Gasteiger partial charge in [0.25, 0.3) is 0 Å². The summed E-state index contributed by atoms with van der Waals surface area (Å²) < 4.78 is 17.0. The van der Waals surface area contributed by atoms with Crippen LogP contribution in [0, 0.1) is 0 Å². The van der Waals surface area contributed by atoms with Crippen LogP contribution in [-0.2, 0) is 28.6 Å². The van der Waals surface area contributed by atoms with Gasteiger partial charge in [-0.15, -0.1) is 0 Å². The zero-order valence-electron chi connectivity index (χ0n) is 53.5. The summed E-state index contributed by atoms with van der Waals surface area (Å²) in [6.45, 7) is 6.53. The number of hydrogen-bond acceptors (Lipinski definition) is 6. The van der Waals surface area contributed by atoms with Gasteiger partial charge in [0.05, 0.1) is 0 Å². The van der Waals surface area contributed by atoms with E-state index < -0.39 is 6.10 Å². The van der Waals surface area contributed by atoms with Crippen LogP contribution in [0.2, 0.25) is 0 Å². The van der Waals surface area contributed by atoms with Crippen LogP contribution < -0.4 is 0 Å². The van der Waals surface area contributed by atoms with E-state index in [4.69, 9.17) is 14.2 Å². The summed E-state index contributed by atoms with van der Waals surface area (Å²) in [6, 6.07) is 0. The zero-order chi connectivity index (χ0) is 58.5. The van der Waals surface area contributed by atoms with E-state index in [1.165, 1.54) is 199 Å². The van der Waals surface area contributed by atoms with E-state index in [0.29, 0.717) is 19.3 Å². The Balaban J connectivity index is 4.42. The molecule has 466 valence electrons. The molecule has 0 rings (SSSR count). The number of rotatable bonds is 63. The second-order valence-corrected chi connectivity index (χ2v) is 23.1. The lowest BCUT2D eigenvalue weighted by molar-refractivity contribution is -0.167. The Morgan fingerprint density at radius 2 is 0.481 bits per heavy atom. The first-order valence-corrected chi connectivity index (χ1v) is 34.7. The molecule has 0 aromatic rings. The maximum absolute atomic E-state index is 13.0. The van der Waals surface area contributed by atoms with Gasteiger partial charge < -0.3 is 14.2 Å². The number of esters is 3. The normalized spacial score (nSPS) is 12.7. The Labute approximate surface area is 502 Å². The number of carbonyl (C=O) groups is 3. The molecule has 0 spiro atoms. The fourth-order valence-corrected chi connectivity index (χ4v) is 9.85. The second-order valence-electron chi connectivity index (χ2n) is 23.1. The fourth-order valence-electron chi connectivity index (χ4n) is 9.85. The first-order valence-electron chi connectivity index (χ1n) is 34.7. The molecule has 0 radical (unpaired) electrons. The zero-order valence-corrected chi connectivity index (χ0v) is 53.5. The minimum atomic E-state index is -0.797. The Kier molecular flexibility index (Phi) is 65.7. The quantitative estimate of drug-likeness (QED) is 0.0261. The van der Waals surface area contributed by atoms with Crippen LogP contribution in [0.1, 0.15) is 342 Å². The largest absolute Gasteiger partial charge is 0.462 e. The molecule has 0 fully saturated rings. The standard InChI is InChI=1S/C75H130O6/c1-4-7-10-13-16-19-22-25-28-31-34-36-37-39-41-44-47-50-53-56-59-62-65-68-74(77)80-71-72(70-79-73(76)67-64-61-58-55-52-49-46-43-40-33-30-27-24-21-18-15-12-9-6-3)81-75(78)69-66-63-60-57-54-51-48-45-42-38-35-32-29-26-23-20-17-14-11-8-5-2/h9,12,18,21,23,26-27,30-32,34-35,40,43,49,52,72H,4-8,10-11,13-17,19-20,22,24-25,28-29,33,36-39,41-42,44-48,50-51,53-71H2,1-3H3/b12-9-,21-18-,26-23-,30-27-,34-31-,35-32-,43-40-,52-49-. The lowest BCUT2D eigenvalue weighted by Gasteiger charge is -2.18. The van der Waals surface area contributed by atoms with E-state index in [0.717, 1.165) is 103 Å². The number of hydrogen-bond donors (Lipinski definition) is 0. The molecule has 0 aliphatic carbocycles. The molecule has 0 amide bonds. The van der Waals surface area contributed by atoms with Crippen molar-refractivity contribution in [1.29, 1.82) is 0 Å². The van der Waals surface area contributed by atoms with Crippen LogP contribution in [0.15, 0.2) is 97.2 Å². The molecule has 0 saturated carbocycles. The SMILES string of the molecule is CC/C=C\C/C=C\C/C=C\C/C=C\C/C=C\CCCCCC(=O)OCC(COC(=O)CCCCCCCCCCCCC/C=C\CCCCCCCCCC)OC(=O)CCCCCCCCCCC/C=C\C/C=C\CCCCCCC. The van der Waals surface area contributed by atoms with Gasteiger partial charge in [0.15, 0.2) is 6.10 Å². The van der Waals surface area contributed by atoms with E-state index >= 15 is 0 Å². The van der Waals surface area contributed by atoms with Crippen LogP contribution in [0.3, 0.4) is 0 Å². The molecule has 0 aromatic carbocycles. The molecule has 0 N–H and O–H groups in total. The average molecular weight is 1130 g/mol. The Morgan fingerprint density at radius 3 is 0.778 bits per heavy atom. The van der Waals surface area contributed by atoms with E-state index in [2.05, 4.69) is 118 Å². The van der Waals surface area contributed by atoms with Crippen molar-refractivity contribution in [3.05, 3.63) is 97.2 Å². The van der Waals surface area contributed by atoms with E-state index in [1.807, 2.05) is 0 Å². The summed E-state index contributed by atoms with van der Waals surface area (Å²) in [5.41, 5.74) is 0. The fraction of sp³-hybridized carbons (Fsp3) is 0.747. The van der Waals surface area contributed by atoms with Crippen molar-refractivity contribution in [1.82, 2.24) is 0 Å². The molecule has 6 heteroatoms. The minimum absolute atomic E-state index is 0.0892. The highest BCUT2D eigenvalue weighted by molar-refractivity contribution is 5.71. The summed E-state index contributed by atoms with van der Waals surface area (Å²) in [4.78, 5) is 38.5. The van der Waals surface area contributed by atoms with E-state index in [-0.39, 0.29) is 31.1 Å². The molecule has 6 nitrogen and oxygen atoms in total. The van der Waals surface area contributed by atoms with E-state index in [9.17, 15) is 14.4 Å². The van der Waals surface area contributed by atoms with Gasteiger partial charge in [-0.2, -0.15) is 0 Å². The summed E-state index contributed by atoms with van der Waals surface area (Å²) in [5.74, 6) is -0.913. The first kappa shape index (κ1) is 77.3. The van der Waals surface area contributed by atoms with Crippen molar-refractivity contribution in [2.45, 2.75) is 348 Å². The topological polar surface area (TPSA) is 78.9 Å². The highest BCUT2D eigenvalue weighted by Crippen LogP contribution is 2.17. The monoisotopic (exact) mass is 1130 g/mol. The van der Waals surface area contributed by atoms with Crippen LogP contribution in [0.4, 0.5) is 0 Å². The third-order valence-electron chi connectivity index (χ3n) is 15.0. The molecular weight excluding hydrogens is 997 g/mol. The number of allylic oxidation sites excluding steroid dienone is 16. The van der Waals surface area contributed by atoms with Crippen LogP contribution in [0.5, 0.6) is 0 Å². The van der Waals surface area contributed by atoms with Gasteiger partial charge in [0.2, 0.25) is 0 Å². The molecule has 0 aliphatic heterocycles. The number of carbonyl (C=O) groups excluding carboxylic acids is 3. The third kappa shape index (κ3) is 67.0. The van der Waals surface area contributed by atoms with Crippen molar-refractivity contribution in [2.24, 2.45) is 0 Å². The summed E-state index contributed by atoms with van der Waals surface area (Å²) in [5, 5.41) is 0. The molecule has 0 aliphatic rings. The Bertz CT molecular complexity index is 1580. The van der Waals surface area contributed by atoms with Crippen molar-refractivity contribution >= 4 is 17.9 Å². The molecule has 81 heavy (non-hydrogen) atoms. The summed E-state index contributed by atoms with van der Waals surface area (Å²) >= 11 is 0. The van der Waals surface area contributed by atoms with Crippen LogP contribution >= 0.6 is 0 Å². The molecule has 0 saturated heterocycles. The highest BCUT2D eigenvalue weighted by Gasteiger charge is 2.19.